The molecule has 0 aliphatic rings. The third-order valence-electron chi connectivity index (χ3n) is 2.47. The average Bonchev–Trinajstić information content (AvgIpc) is 2.28. The SMILES string of the molecule is C=C[Si](C)(C=C)c1ccc([C]=O)cc1. The van der Waals surface area contributed by atoms with E-state index in [4.69, 9.17) is 0 Å². The van der Waals surface area contributed by atoms with Crippen molar-refractivity contribution in [2.45, 2.75) is 6.55 Å². The van der Waals surface area contributed by atoms with Crippen LogP contribution in [0.1, 0.15) is 5.56 Å². The zero-order chi connectivity index (χ0) is 10.6. The molecule has 0 saturated carbocycles. The minimum atomic E-state index is -1.71. The van der Waals surface area contributed by atoms with Crippen LogP contribution in [0.5, 0.6) is 0 Å². The Kier molecular flexibility index (Phi) is 3.20. The number of benzene rings is 1. The zero-order valence-electron chi connectivity index (χ0n) is 8.29. The molecular weight excluding hydrogens is 188 g/mol. The van der Waals surface area contributed by atoms with Crippen LogP contribution in [0.4, 0.5) is 0 Å². The summed E-state index contributed by atoms with van der Waals surface area (Å²) in [7, 11) is -1.71. The van der Waals surface area contributed by atoms with Gasteiger partial charge in [0.2, 0.25) is 6.29 Å². The second-order valence-corrected chi connectivity index (χ2v) is 7.33. The largest absolute Gasteiger partial charge is 0.285 e. The summed E-state index contributed by atoms with van der Waals surface area (Å²) < 4.78 is 0. The Morgan fingerprint density at radius 2 is 1.71 bits per heavy atom. The molecule has 0 fully saturated rings. The van der Waals surface area contributed by atoms with Gasteiger partial charge < -0.3 is 0 Å². The quantitative estimate of drug-likeness (QED) is 0.680. The number of hydrogen-bond acceptors (Lipinski definition) is 1. The van der Waals surface area contributed by atoms with E-state index < -0.39 is 8.07 Å². The minimum absolute atomic E-state index is 0.582. The maximum Gasteiger partial charge on any atom is 0.233 e. The van der Waals surface area contributed by atoms with Crippen molar-refractivity contribution in [3.05, 3.63) is 54.4 Å². The maximum atomic E-state index is 10.4. The van der Waals surface area contributed by atoms with Gasteiger partial charge in [-0.2, -0.15) is 0 Å². The van der Waals surface area contributed by atoms with Gasteiger partial charge in [-0.3, -0.25) is 4.79 Å². The molecule has 71 valence electrons. The molecule has 0 saturated heterocycles. The van der Waals surface area contributed by atoms with Gasteiger partial charge in [0.05, 0.1) is 0 Å². The molecule has 0 aliphatic heterocycles. The Labute approximate surface area is 85.8 Å². The van der Waals surface area contributed by atoms with E-state index in [-0.39, 0.29) is 0 Å². The molecule has 14 heavy (non-hydrogen) atoms. The third kappa shape index (κ3) is 1.91. The zero-order valence-corrected chi connectivity index (χ0v) is 9.29. The summed E-state index contributed by atoms with van der Waals surface area (Å²) in [5.41, 5.74) is 4.53. The predicted molar refractivity (Wildman–Crippen MR) is 62.9 cm³/mol. The molecule has 0 N–H and O–H groups in total. The molecule has 0 heterocycles. The van der Waals surface area contributed by atoms with Gasteiger partial charge in [0.15, 0.2) is 0 Å². The van der Waals surface area contributed by atoms with Crippen molar-refractivity contribution in [2.75, 3.05) is 0 Å². The average molecular weight is 201 g/mol. The number of hydrogen-bond donors (Lipinski definition) is 0. The molecule has 0 aliphatic carbocycles. The van der Waals surface area contributed by atoms with Crippen LogP contribution in [0.2, 0.25) is 6.55 Å². The van der Waals surface area contributed by atoms with Gasteiger partial charge in [0, 0.05) is 5.56 Å². The molecular formula is C12H13OSi. The number of carbonyl (C=O) groups excluding carboxylic acids is 1. The molecule has 0 unspecified atom stereocenters. The van der Waals surface area contributed by atoms with Crippen LogP contribution in [-0.4, -0.2) is 14.4 Å². The predicted octanol–water partition coefficient (Wildman–Crippen LogP) is 1.88. The summed E-state index contributed by atoms with van der Waals surface area (Å²) in [5.74, 6) is 0. The van der Waals surface area contributed by atoms with E-state index in [9.17, 15) is 4.79 Å². The molecule has 0 bridgehead atoms. The lowest BCUT2D eigenvalue weighted by Crippen LogP contribution is -2.40. The Balaban J connectivity index is 3.13. The lowest BCUT2D eigenvalue weighted by molar-refractivity contribution is 0.563. The summed E-state index contributed by atoms with van der Waals surface area (Å²) in [4.78, 5) is 10.4. The van der Waals surface area contributed by atoms with Crippen molar-refractivity contribution in [3.8, 4) is 0 Å². The lowest BCUT2D eigenvalue weighted by atomic mass is 10.2. The van der Waals surface area contributed by atoms with Crippen molar-refractivity contribution < 1.29 is 4.79 Å². The fraction of sp³-hybridized carbons (Fsp3) is 0.0833. The monoisotopic (exact) mass is 201 g/mol. The lowest BCUT2D eigenvalue weighted by Gasteiger charge is -2.18. The van der Waals surface area contributed by atoms with E-state index in [1.807, 2.05) is 29.8 Å². The summed E-state index contributed by atoms with van der Waals surface area (Å²) >= 11 is 0. The molecule has 1 nitrogen and oxygen atoms in total. The first kappa shape index (κ1) is 10.7. The maximum absolute atomic E-state index is 10.4. The van der Waals surface area contributed by atoms with Crippen molar-refractivity contribution in [3.63, 3.8) is 0 Å². The smallest absolute Gasteiger partial charge is 0.233 e. The van der Waals surface area contributed by atoms with Gasteiger partial charge in [0.25, 0.3) is 0 Å². The highest BCUT2D eigenvalue weighted by Gasteiger charge is 2.20. The molecule has 1 aromatic rings. The van der Waals surface area contributed by atoms with E-state index in [0.717, 1.165) is 0 Å². The molecule has 2 heteroatoms. The highest BCUT2D eigenvalue weighted by molar-refractivity contribution is 6.98. The van der Waals surface area contributed by atoms with Gasteiger partial charge in [-0.1, -0.05) is 47.4 Å². The first-order valence-electron chi connectivity index (χ1n) is 4.42. The van der Waals surface area contributed by atoms with Crippen LogP contribution >= 0.6 is 0 Å². The molecule has 1 radical (unpaired) electrons. The van der Waals surface area contributed by atoms with Crippen molar-refractivity contribution in [1.82, 2.24) is 0 Å². The Hall–Kier alpha value is -1.41. The van der Waals surface area contributed by atoms with E-state index in [0.29, 0.717) is 5.56 Å². The van der Waals surface area contributed by atoms with Crippen LogP contribution in [0, 0.1) is 0 Å². The van der Waals surface area contributed by atoms with Crippen LogP contribution in [0.25, 0.3) is 0 Å². The van der Waals surface area contributed by atoms with Crippen LogP contribution in [0.15, 0.2) is 48.8 Å². The van der Waals surface area contributed by atoms with Gasteiger partial charge in [-0.25, -0.2) is 0 Å². The minimum Gasteiger partial charge on any atom is -0.285 e. The molecule has 0 spiro atoms. The summed E-state index contributed by atoms with van der Waals surface area (Å²) in [6, 6.07) is 7.47. The van der Waals surface area contributed by atoms with E-state index in [1.54, 1.807) is 12.1 Å². The van der Waals surface area contributed by atoms with Gasteiger partial charge >= 0.3 is 0 Å². The normalized spacial score (nSPS) is 10.6. The van der Waals surface area contributed by atoms with Gasteiger partial charge in [-0.05, 0) is 0 Å². The molecule has 1 rings (SSSR count). The summed E-state index contributed by atoms with van der Waals surface area (Å²) in [5, 5.41) is 1.21. The first-order chi connectivity index (χ1) is 6.66. The van der Waals surface area contributed by atoms with Crippen LogP contribution in [0.3, 0.4) is 0 Å². The Morgan fingerprint density at radius 1 is 1.21 bits per heavy atom. The van der Waals surface area contributed by atoms with Crippen molar-refractivity contribution in [2.24, 2.45) is 0 Å². The fourth-order valence-corrected chi connectivity index (χ4v) is 2.74. The standard InChI is InChI=1S/C12H13OSi/c1-4-14(3,5-2)12-8-6-11(10-13)7-9-12/h4-9H,1-2H2,3H3. The Morgan fingerprint density at radius 3 is 2.07 bits per heavy atom. The fourth-order valence-electron chi connectivity index (χ4n) is 1.22. The second-order valence-electron chi connectivity index (χ2n) is 3.37. The Bertz CT molecular complexity index is 343. The van der Waals surface area contributed by atoms with Gasteiger partial charge in [0.1, 0.15) is 8.07 Å². The van der Waals surface area contributed by atoms with Crippen LogP contribution < -0.4 is 5.19 Å². The van der Waals surface area contributed by atoms with Gasteiger partial charge in [-0.15, -0.1) is 13.2 Å². The topological polar surface area (TPSA) is 17.1 Å². The van der Waals surface area contributed by atoms with Crippen molar-refractivity contribution in [1.29, 1.82) is 0 Å². The highest BCUT2D eigenvalue weighted by atomic mass is 28.3. The summed E-state index contributed by atoms with van der Waals surface area (Å²) in [6.45, 7) is 9.83. The molecule has 0 atom stereocenters. The second kappa shape index (κ2) is 4.20. The molecule has 0 aromatic heterocycles. The first-order valence-corrected chi connectivity index (χ1v) is 7.07. The third-order valence-corrected chi connectivity index (χ3v) is 5.75. The number of rotatable bonds is 4. The molecule has 0 amide bonds. The summed E-state index contributed by atoms with van der Waals surface area (Å²) in [6.07, 6.45) is 1.86. The van der Waals surface area contributed by atoms with Crippen LogP contribution in [-0.2, 0) is 4.79 Å². The highest BCUT2D eigenvalue weighted by Crippen LogP contribution is 2.06. The van der Waals surface area contributed by atoms with E-state index in [2.05, 4.69) is 19.7 Å². The molecule has 1 aromatic carbocycles. The van der Waals surface area contributed by atoms with E-state index in [1.165, 1.54) is 5.19 Å². The van der Waals surface area contributed by atoms with E-state index >= 15 is 0 Å². The van der Waals surface area contributed by atoms with Crippen molar-refractivity contribution >= 4 is 19.5 Å².